The Kier molecular flexibility index (Phi) is 4.70. The van der Waals surface area contributed by atoms with Crippen molar-refractivity contribution in [1.29, 1.82) is 0 Å². The van der Waals surface area contributed by atoms with E-state index in [4.69, 9.17) is 9.47 Å². The average molecular weight is 235 g/mol. The molecule has 5 heteroatoms. The van der Waals surface area contributed by atoms with E-state index in [0.29, 0.717) is 0 Å². The second-order valence-electron chi connectivity index (χ2n) is 4.45. The van der Waals surface area contributed by atoms with Gasteiger partial charge in [-0.25, -0.2) is 0 Å². The van der Waals surface area contributed by atoms with E-state index in [1.807, 2.05) is 13.8 Å². The summed E-state index contributed by atoms with van der Waals surface area (Å²) in [5.74, 6) is 0.743. The molecule has 0 spiro atoms. The summed E-state index contributed by atoms with van der Waals surface area (Å²) in [6.07, 6.45) is -0.188. The van der Waals surface area contributed by atoms with Gasteiger partial charge in [0.05, 0.1) is 4.75 Å². The molecule has 0 aromatic heterocycles. The Bertz CT molecular complexity index is 229. The highest BCUT2D eigenvalue weighted by molar-refractivity contribution is 7.86. The summed E-state index contributed by atoms with van der Waals surface area (Å²) in [7, 11) is 2.57. The molecule has 0 unspecified atom stereocenters. The minimum absolute atomic E-state index is 0.121. The van der Waals surface area contributed by atoms with Gasteiger partial charge in [0.15, 0.2) is 6.29 Å². The van der Waals surface area contributed by atoms with Crippen LogP contribution in [0.1, 0.15) is 13.8 Å². The van der Waals surface area contributed by atoms with Gasteiger partial charge in [-0.2, -0.15) is 0 Å². The van der Waals surface area contributed by atoms with Crippen molar-refractivity contribution in [3.8, 4) is 0 Å². The Morgan fingerprint density at radius 2 is 2.00 bits per heavy atom. The third-order valence-electron chi connectivity index (χ3n) is 2.75. The highest BCUT2D eigenvalue weighted by atomic mass is 32.2. The Morgan fingerprint density at radius 3 is 2.47 bits per heavy atom. The van der Waals surface area contributed by atoms with E-state index in [0.717, 1.165) is 25.4 Å². The van der Waals surface area contributed by atoms with Gasteiger partial charge in [0.2, 0.25) is 0 Å². The van der Waals surface area contributed by atoms with Crippen LogP contribution in [-0.2, 0) is 20.3 Å². The van der Waals surface area contributed by atoms with Gasteiger partial charge in [0, 0.05) is 50.4 Å². The zero-order valence-corrected chi connectivity index (χ0v) is 10.8. The summed E-state index contributed by atoms with van der Waals surface area (Å²) >= 11 is 0. The van der Waals surface area contributed by atoms with Crippen molar-refractivity contribution in [2.45, 2.75) is 24.9 Å². The molecule has 0 radical (unpaired) electrons. The van der Waals surface area contributed by atoms with Crippen molar-refractivity contribution in [3.63, 3.8) is 0 Å². The van der Waals surface area contributed by atoms with Gasteiger partial charge < -0.3 is 9.47 Å². The Labute approximate surface area is 94.4 Å². The molecule has 1 atom stereocenters. The van der Waals surface area contributed by atoms with Gasteiger partial charge >= 0.3 is 0 Å². The SMILES string of the molecule is COC(CN1CC[S@](=O)C(C)(C)C1)OC. The van der Waals surface area contributed by atoms with Crippen LogP contribution < -0.4 is 0 Å². The summed E-state index contributed by atoms with van der Waals surface area (Å²) < 4.78 is 21.9. The second-order valence-corrected chi connectivity index (χ2v) is 6.65. The highest BCUT2D eigenvalue weighted by Crippen LogP contribution is 2.20. The molecular weight excluding hydrogens is 214 g/mol. The molecule has 0 N–H and O–H groups in total. The molecule has 1 saturated heterocycles. The first-order valence-electron chi connectivity index (χ1n) is 5.16. The summed E-state index contributed by atoms with van der Waals surface area (Å²) in [6, 6.07) is 0. The van der Waals surface area contributed by atoms with E-state index in [9.17, 15) is 4.21 Å². The number of nitrogens with zero attached hydrogens (tertiary/aromatic N) is 1. The summed E-state index contributed by atoms with van der Waals surface area (Å²) in [5, 5.41) is 0. The van der Waals surface area contributed by atoms with E-state index in [1.54, 1.807) is 14.2 Å². The third kappa shape index (κ3) is 3.52. The Morgan fingerprint density at radius 1 is 1.40 bits per heavy atom. The van der Waals surface area contributed by atoms with Gasteiger partial charge in [0.25, 0.3) is 0 Å². The van der Waals surface area contributed by atoms with E-state index >= 15 is 0 Å². The lowest BCUT2D eigenvalue weighted by Crippen LogP contribution is -2.52. The van der Waals surface area contributed by atoms with E-state index in [2.05, 4.69) is 4.90 Å². The summed E-state index contributed by atoms with van der Waals surface area (Å²) in [4.78, 5) is 2.25. The normalized spacial score (nSPS) is 27.1. The molecule has 0 aromatic carbocycles. The number of methoxy groups -OCH3 is 2. The van der Waals surface area contributed by atoms with Crippen LogP contribution in [-0.4, -0.2) is 59.8 Å². The van der Waals surface area contributed by atoms with Crippen molar-refractivity contribution >= 4 is 10.8 Å². The molecule has 0 bridgehead atoms. The van der Waals surface area contributed by atoms with Crippen LogP contribution >= 0.6 is 0 Å². The zero-order chi connectivity index (χ0) is 11.5. The Balaban J connectivity index is 2.48. The van der Waals surface area contributed by atoms with E-state index in [1.165, 1.54) is 0 Å². The molecule has 1 heterocycles. The topological polar surface area (TPSA) is 38.8 Å². The number of hydrogen-bond acceptors (Lipinski definition) is 4. The molecule has 0 aromatic rings. The molecule has 1 aliphatic heterocycles. The molecule has 90 valence electrons. The van der Waals surface area contributed by atoms with Crippen molar-refractivity contribution in [3.05, 3.63) is 0 Å². The van der Waals surface area contributed by atoms with Crippen LogP contribution in [0.4, 0.5) is 0 Å². The molecule has 1 fully saturated rings. The highest BCUT2D eigenvalue weighted by Gasteiger charge is 2.33. The van der Waals surface area contributed by atoms with Gasteiger partial charge in [0.1, 0.15) is 0 Å². The van der Waals surface area contributed by atoms with Gasteiger partial charge in [-0.1, -0.05) is 0 Å². The first-order valence-corrected chi connectivity index (χ1v) is 6.48. The predicted octanol–water partition coefficient (Wildman–Crippen LogP) is 0.448. The van der Waals surface area contributed by atoms with Crippen LogP contribution in [0, 0.1) is 0 Å². The van der Waals surface area contributed by atoms with Gasteiger partial charge in [-0.05, 0) is 13.8 Å². The molecule has 1 aliphatic rings. The minimum atomic E-state index is -0.713. The molecule has 0 saturated carbocycles. The van der Waals surface area contributed by atoms with Crippen LogP contribution in [0.15, 0.2) is 0 Å². The standard InChI is InChI=1S/C10H21NO3S/c1-10(2)8-11(5-6-15(10)12)7-9(13-3)14-4/h9H,5-8H2,1-4H3/t15-/m0/s1. The molecule has 4 nitrogen and oxygen atoms in total. The fourth-order valence-electron chi connectivity index (χ4n) is 1.79. The maximum Gasteiger partial charge on any atom is 0.169 e. The fraction of sp³-hybridized carbons (Fsp3) is 1.00. The van der Waals surface area contributed by atoms with Crippen molar-refractivity contribution in [2.24, 2.45) is 0 Å². The molecule has 0 aliphatic carbocycles. The largest absolute Gasteiger partial charge is 0.355 e. The van der Waals surface area contributed by atoms with Crippen molar-refractivity contribution in [1.82, 2.24) is 4.90 Å². The summed E-state index contributed by atoms with van der Waals surface area (Å²) in [5.41, 5.74) is 0. The number of ether oxygens (including phenoxy) is 2. The fourth-order valence-corrected chi connectivity index (χ4v) is 3.09. The maximum absolute atomic E-state index is 11.7. The molecular formula is C10H21NO3S. The second kappa shape index (κ2) is 5.39. The first-order chi connectivity index (χ1) is 6.99. The lowest BCUT2D eigenvalue weighted by atomic mass is 10.2. The first kappa shape index (κ1) is 13.1. The zero-order valence-electron chi connectivity index (χ0n) is 9.99. The monoisotopic (exact) mass is 235 g/mol. The molecule has 0 amide bonds. The van der Waals surface area contributed by atoms with Gasteiger partial charge in [-0.3, -0.25) is 9.11 Å². The smallest absolute Gasteiger partial charge is 0.169 e. The van der Waals surface area contributed by atoms with Crippen molar-refractivity contribution < 1.29 is 13.7 Å². The van der Waals surface area contributed by atoms with E-state index in [-0.39, 0.29) is 11.0 Å². The van der Waals surface area contributed by atoms with E-state index < -0.39 is 10.8 Å². The van der Waals surface area contributed by atoms with Crippen LogP contribution in [0.5, 0.6) is 0 Å². The lowest BCUT2D eigenvalue weighted by molar-refractivity contribution is -0.116. The number of hydrogen-bond donors (Lipinski definition) is 0. The van der Waals surface area contributed by atoms with Crippen LogP contribution in [0.3, 0.4) is 0 Å². The van der Waals surface area contributed by atoms with Gasteiger partial charge in [-0.15, -0.1) is 0 Å². The average Bonchev–Trinajstić information content (AvgIpc) is 2.19. The Hall–Kier alpha value is 0.0300. The maximum atomic E-state index is 11.7. The minimum Gasteiger partial charge on any atom is -0.355 e. The number of rotatable bonds is 4. The van der Waals surface area contributed by atoms with Crippen LogP contribution in [0.25, 0.3) is 0 Å². The third-order valence-corrected chi connectivity index (χ3v) is 4.66. The predicted molar refractivity (Wildman–Crippen MR) is 61.3 cm³/mol. The molecule has 15 heavy (non-hydrogen) atoms. The van der Waals surface area contributed by atoms with Crippen LogP contribution in [0.2, 0.25) is 0 Å². The quantitative estimate of drug-likeness (QED) is 0.663. The molecule has 1 rings (SSSR count). The lowest BCUT2D eigenvalue weighted by Gasteiger charge is -2.38. The van der Waals surface area contributed by atoms with Crippen molar-refractivity contribution in [2.75, 3.05) is 39.6 Å². The summed E-state index contributed by atoms with van der Waals surface area (Å²) in [6.45, 7) is 6.53.